The fourth-order valence-electron chi connectivity index (χ4n) is 2.21. The van der Waals surface area contributed by atoms with Gasteiger partial charge in [-0.1, -0.05) is 15.9 Å². The first-order valence-electron chi connectivity index (χ1n) is 7.34. The molecule has 0 bridgehead atoms. The molecule has 1 amide bonds. The predicted molar refractivity (Wildman–Crippen MR) is 107 cm³/mol. The number of amides is 1. The van der Waals surface area contributed by atoms with Crippen molar-refractivity contribution in [1.29, 1.82) is 0 Å². The van der Waals surface area contributed by atoms with Crippen LogP contribution in [0.3, 0.4) is 0 Å². The van der Waals surface area contributed by atoms with Crippen LogP contribution < -0.4 is 5.32 Å². The van der Waals surface area contributed by atoms with Gasteiger partial charge in [0.2, 0.25) is 10.0 Å². The monoisotopic (exact) mass is 488 g/mol. The summed E-state index contributed by atoms with van der Waals surface area (Å²) >= 11 is 6.75. The third-order valence-corrected chi connectivity index (χ3v) is 6.91. The summed E-state index contributed by atoms with van der Waals surface area (Å²) in [5.74, 6) is -0.374. The zero-order valence-electron chi connectivity index (χ0n) is 14.2. The van der Waals surface area contributed by atoms with Crippen molar-refractivity contribution in [3.63, 3.8) is 0 Å². The van der Waals surface area contributed by atoms with E-state index in [1.54, 1.807) is 26.0 Å². The molecular formula is C17H18Br2N2O3S. The molecular weight excluding hydrogens is 472 g/mol. The predicted octanol–water partition coefficient (Wildman–Crippen LogP) is 4.33. The summed E-state index contributed by atoms with van der Waals surface area (Å²) in [6.45, 7) is 3.52. The number of aryl methyl sites for hydroxylation is 1. The molecule has 25 heavy (non-hydrogen) atoms. The van der Waals surface area contributed by atoms with Gasteiger partial charge in [-0.25, -0.2) is 12.7 Å². The average Bonchev–Trinajstić information content (AvgIpc) is 2.52. The molecule has 0 heterocycles. The molecule has 1 N–H and O–H groups in total. The smallest absolute Gasteiger partial charge is 0.255 e. The second kappa shape index (κ2) is 7.57. The summed E-state index contributed by atoms with van der Waals surface area (Å²) in [6.07, 6.45) is 0. The zero-order valence-corrected chi connectivity index (χ0v) is 18.2. The Hall–Kier alpha value is -1.22. The zero-order chi connectivity index (χ0) is 18.9. The Balaban J connectivity index is 2.46. The molecule has 2 rings (SSSR count). The molecule has 0 unspecified atom stereocenters. The molecule has 5 nitrogen and oxygen atoms in total. The summed E-state index contributed by atoms with van der Waals surface area (Å²) < 4.78 is 27.8. The minimum absolute atomic E-state index is 0.137. The SMILES string of the molecule is Cc1cc(C(=O)Nc2ccc(Br)cc2Br)cc(S(=O)(=O)N(C)C)c1C. The molecule has 0 aliphatic heterocycles. The second-order valence-corrected chi connectivity index (χ2v) is 9.67. The molecule has 0 fully saturated rings. The van der Waals surface area contributed by atoms with Gasteiger partial charge in [0.25, 0.3) is 5.91 Å². The van der Waals surface area contributed by atoms with E-state index in [-0.39, 0.29) is 10.8 Å². The van der Waals surface area contributed by atoms with Crippen LogP contribution in [0, 0.1) is 13.8 Å². The number of nitrogens with zero attached hydrogens (tertiary/aromatic N) is 1. The lowest BCUT2D eigenvalue weighted by Crippen LogP contribution is -2.24. The van der Waals surface area contributed by atoms with E-state index in [4.69, 9.17) is 0 Å². The number of nitrogens with one attached hydrogen (secondary N) is 1. The van der Waals surface area contributed by atoms with E-state index >= 15 is 0 Å². The first kappa shape index (κ1) is 20.1. The number of rotatable bonds is 4. The number of sulfonamides is 1. The third kappa shape index (κ3) is 4.31. The highest BCUT2D eigenvalue weighted by molar-refractivity contribution is 9.11. The maximum Gasteiger partial charge on any atom is 0.255 e. The molecule has 2 aromatic carbocycles. The Bertz CT molecular complexity index is 941. The summed E-state index contributed by atoms with van der Waals surface area (Å²) in [6, 6.07) is 8.48. The van der Waals surface area contributed by atoms with E-state index in [9.17, 15) is 13.2 Å². The third-order valence-electron chi connectivity index (χ3n) is 3.82. The van der Waals surface area contributed by atoms with E-state index in [2.05, 4.69) is 37.2 Å². The van der Waals surface area contributed by atoms with Gasteiger partial charge in [-0.05, 0) is 71.2 Å². The van der Waals surface area contributed by atoms with Crippen molar-refractivity contribution in [2.24, 2.45) is 0 Å². The molecule has 0 aliphatic rings. The molecule has 0 aromatic heterocycles. The minimum atomic E-state index is -3.63. The van der Waals surface area contributed by atoms with Gasteiger partial charge in [-0.3, -0.25) is 4.79 Å². The largest absolute Gasteiger partial charge is 0.321 e. The lowest BCUT2D eigenvalue weighted by Gasteiger charge is -2.17. The fraction of sp³-hybridized carbons (Fsp3) is 0.235. The van der Waals surface area contributed by atoms with Crippen molar-refractivity contribution in [1.82, 2.24) is 4.31 Å². The summed E-state index contributed by atoms with van der Waals surface area (Å²) in [5, 5.41) is 2.79. The minimum Gasteiger partial charge on any atom is -0.321 e. The molecule has 2 aromatic rings. The summed E-state index contributed by atoms with van der Waals surface area (Å²) in [7, 11) is -0.699. The van der Waals surface area contributed by atoms with Crippen LogP contribution in [0.4, 0.5) is 5.69 Å². The molecule has 0 saturated carbocycles. The Kier molecular flexibility index (Phi) is 6.09. The van der Waals surface area contributed by atoms with Crippen LogP contribution >= 0.6 is 31.9 Å². The van der Waals surface area contributed by atoms with Crippen molar-refractivity contribution < 1.29 is 13.2 Å². The van der Waals surface area contributed by atoms with Crippen LogP contribution in [0.2, 0.25) is 0 Å². The van der Waals surface area contributed by atoms with Gasteiger partial charge in [0.1, 0.15) is 0 Å². The number of benzene rings is 2. The van der Waals surface area contributed by atoms with Gasteiger partial charge in [-0.15, -0.1) is 0 Å². The van der Waals surface area contributed by atoms with Crippen LogP contribution in [0.1, 0.15) is 21.5 Å². The standard InChI is InChI=1S/C17H18Br2N2O3S/c1-10-7-12(8-16(11(10)2)25(23,24)21(3)4)17(22)20-15-6-5-13(18)9-14(15)19/h5-9H,1-4H3,(H,20,22). The van der Waals surface area contributed by atoms with Gasteiger partial charge < -0.3 is 5.32 Å². The second-order valence-electron chi connectivity index (χ2n) is 5.78. The first-order chi connectivity index (χ1) is 11.5. The lowest BCUT2D eigenvalue weighted by atomic mass is 10.1. The van der Waals surface area contributed by atoms with Crippen LogP contribution in [0.15, 0.2) is 44.2 Å². The van der Waals surface area contributed by atoms with E-state index < -0.39 is 10.0 Å². The van der Waals surface area contributed by atoms with Gasteiger partial charge in [-0.2, -0.15) is 0 Å². The van der Waals surface area contributed by atoms with Crippen LogP contribution in [-0.4, -0.2) is 32.7 Å². The number of carbonyl (C=O) groups excluding carboxylic acids is 1. The maximum absolute atomic E-state index is 12.6. The number of anilines is 1. The van der Waals surface area contributed by atoms with Crippen LogP contribution in [0.25, 0.3) is 0 Å². The van der Waals surface area contributed by atoms with Crippen LogP contribution in [-0.2, 0) is 10.0 Å². The summed E-state index contributed by atoms with van der Waals surface area (Å²) in [5.41, 5.74) is 2.26. The Labute approximate surface area is 164 Å². The van der Waals surface area contributed by atoms with Gasteiger partial charge in [0, 0.05) is 28.6 Å². The van der Waals surface area contributed by atoms with Gasteiger partial charge in [0.15, 0.2) is 0 Å². The topological polar surface area (TPSA) is 66.5 Å². The highest BCUT2D eigenvalue weighted by atomic mass is 79.9. The molecule has 8 heteroatoms. The molecule has 0 radical (unpaired) electrons. The average molecular weight is 490 g/mol. The number of halogens is 2. The normalized spacial score (nSPS) is 11.6. The molecule has 0 spiro atoms. The Morgan fingerprint density at radius 1 is 1.08 bits per heavy atom. The van der Waals surface area contributed by atoms with Crippen LogP contribution in [0.5, 0.6) is 0 Å². The lowest BCUT2D eigenvalue weighted by molar-refractivity contribution is 0.102. The molecule has 0 aliphatic carbocycles. The van der Waals surface area contributed by atoms with Gasteiger partial charge in [0.05, 0.1) is 10.6 Å². The van der Waals surface area contributed by atoms with Crippen molar-refractivity contribution in [3.05, 3.63) is 56.0 Å². The van der Waals surface area contributed by atoms with E-state index in [1.807, 2.05) is 12.1 Å². The van der Waals surface area contributed by atoms with Crippen molar-refractivity contribution >= 4 is 53.5 Å². The fourth-order valence-corrected chi connectivity index (χ4v) is 4.57. The van der Waals surface area contributed by atoms with E-state index in [0.717, 1.165) is 18.8 Å². The van der Waals surface area contributed by atoms with Crippen molar-refractivity contribution in [3.8, 4) is 0 Å². The van der Waals surface area contributed by atoms with Crippen molar-refractivity contribution in [2.45, 2.75) is 18.7 Å². The van der Waals surface area contributed by atoms with E-state index in [0.29, 0.717) is 16.8 Å². The molecule has 0 atom stereocenters. The van der Waals surface area contributed by atoms with E-state index in [1.165, 1.54) is 20.2 Å². The highest BCUT2D eigenvalue weighted by Gasteiger charge is 2.23. The quantitative estimate of drug-likeness (QED) is 0.694. The summed E-state index contributed by atoms with van der Waals surface area (Å²) in [4.78, 5) is 12.7. The number of hydrogen-bond acceptors (Lipinski definition) is 3. The Morgan fingerprint density at radius 2 is 1.72 bits per heavy atom. The molecule has 134 valence electrons. The first-order valence-corrected chi connectivity index (χ1v) is 10.4. The number of carbonyl (C=O) groups is 1. The maximum atomic E-state index is 12.6. The van der Waals surface area contributed by atoms with Crippen molar-refractivity contribution in [2.75, 3.05) is 19.4 Å². The number of hydrogen-bond donors (Lipinski definition) is 1. The van der Waals surface area contributed by atoms with Gasteiger partial charge >= 0.3 is 0 Å². The highest BCUT2D eigenvalue weighted by Crippen LogP contribution is 2.28. The molecule has 0 saturated heterocycles. The Morgan fingerprint density at radius 3 is 2.28 bits per heavy atom.